The molecule has 5 nitrogen and oxygen atoms in total. The van der Waals surface area contributed by atoms with E-state index < -0.39 is 0 Å². The van der Waals surface area contributed by atoms with Crippen LogP contribution in [-0.2, 0) is 11.3 Å². The molecule has 1 aromatic heterocycles. The van der Waals surface area contributed by atoms with Crippen LogP contribution in [0, 0.1) is 5.92 Å². The molecular weight excluding hydrogens is 280 g/mol. The van der Waals surface area contributed by atoms with Crippen molar-refractivity contribution in [1.29, 1.82) is 0 Å². The zero-order chi connectivity index (χ0) is 15.9. The number of furan rings is 1. The maximum absolute atomic E-state index is 12.3. The fraction of sp³-hybridized carbons (Fsp3) is 0.294. The molecule has 1 unspecified atom stereocenters. The van der Waals surface area contributed by atoms with Gasteiger partial charge in [0.1, 0.15) is 5.76 Å². The third-order valence-corrected chi connectivity index (χ3v) is 3.49. The van der Waals surface area contributed by atoms with E-state index in [0.29, 0.717) is 23.6 Å². The van der Waals surface area contributed by atoms with Crippen molar-refractivity contribution in [1.82, 2.24) is 5.32 Å². The summed E-state index contributed by atoms with van der Waals surface area (Å²) >= 11 is 0. The molecule has 1 heterocycles. The van der Waals surface area contributed by atoms with Gasteiger partial charge in [0.15, 0.2) is 0 Å². The van der Waals surface area contributed by atoms with E-state index in [-0.39, 0.29) is 17.7 Å². The minimum atomic E-state index is -0.253. The van der Waals surface area contributed by atoms with Crippen LogP contribution in [0.4, 0.5) is 5.69 Å². The van der Waals surface area contributed by atoms with Gasteiger partial charge in [-0.15, -0.1) is 0 Å². The zero-order valence-electron chi connectivity index (χ0n) is 12.8. The first-order chi connectivity index (χ1) is 10.6. The van der Waals surface area contributed by atoms with Gasteiger partial charge in [-0.1, -0.05) is 26.0 Å². The maximum atomic E-state index is 12.3. The van der Waals surface area contributed by atoms with Crippen LogP contribution in [0.15, 0.2) is 47.1 Å². The molecule has 0 fully saturated rings. The standard InChI is InChI=1S/C17H20N2O3/c1-3-12(2)16(20)19-15-9-5-4-8-14(15)17(21)18-11-13-7-6-10-22-13/h4-10,12H,3,11H2,1-2H3,(H,18,21)(H,19,20). The van der Waals surface area contributed by atoms with Gasteiger partial charge in [-0.2, -0.15) is 0 Å². The molecular formula is C17H20N2O3. The summed E-state index contributed by atoms with van der Waals surface area (Å²) in [6.07, 6.45) is 2.31. The lowest BCUT2D eigenvalue weighted by Gasteiger charge is -2.13. The summed E-state index contributed by atoms with van der Waals surface area (Å²) in [4.78, 5) is 24.3. The molecule has 5 heteroatoms. The molecule has 0 saturated heterocycles. The highest BCUT2D eigenvalue weighted by molar-refractivity contribution is 6.04. The second kappa shape index (κ2) is 7.45. The first-order valence-corrected chi connectivity index (χ1v) is 7.32. The first kappa shape index (κ1) is 15.8. The molecule has 1 aromatic carbocycles. The number of nitrogens with one attached hydrogen (secondary N) is 2. The molecule has 2 aromatic rings. The molecule has 0 aliphatic carbocycles. The van der Waals surface area contributed by atoms with Crippen LogP contribution in [0.25, 0.3) is 0 Å². The third-order valence-electron chi connectivity index (χ3n) is 3.49. The molecule has 2 rings (SSSR count). The topological polar surface area (TPSA) is 71.3 Å². The van der Waals surface area contributed by atoms with Crippen molar-refractivity contribution in [2.45, 2.75) is 26.8 Å². The summed E-state index contributed by atoms with van der Waals surface area (Å²) in [6, 6.07) is 10.5. The normalized spacial score (nSPS) is 11.7. The molecule has 1 atom stereocenters. The third kappa shape index (κ3) is 3.97. The number of para-hydroxylation sites is 1. The molecule has 0 aliphatic rings. The predicted molar refractivity (Wildman–Crippen MR) is 84.4 cm³/mol. The second-order valence-electron chi connectivity index (χ2n) is 5.11. The highest BCUT2D eigenvalue weighted by atomic mass is 16.3. The van der Waals surface area contributed by atoms with Crippen LogP contribution in [0.3, 0.4) is 0 Å². The van der Waals surface area contributed by atoms with E-state index in [1.807, 2.05) is 13.8 Å². The SMILES string of the molecule is CCC(C)C(=O)Nc1ccccc1C(=O)NCc1ccco1. The van der Waals surface area contributed by atoms with E-state index >= 15 is 0 Å². The van der Waals surface area contributed by atoms with Crippen molar-refractivity contribution in [2.24, 2.45) is 5.92 Å². The molecule has 0 radical (unpaired) electrons. The minimum Gasteiger partial charge on any atom is -0.467 e. The van der Waals surface area contributed by atoms with Gasteiger partial charge in [0.05, 0.1) is 24.1 Å². The van der Waals surface area contributed by atoms with Crippen LogP contribution in [0.2, 0.25) is 0 Å². The van der Waals surface area contributed by atoms with Crippen LogP contribution in [0.5, 0.6) is 0 Å². The van der Waals surface area contributed by atoms with E-state index in [1.165, 1.54) is 0 Å². The molecule has 0 spiro atoms. The highest BCUT2D eigenvalue weighted by Gasteiger charge is 2.16. The van der Waals surface area contributed by atoms with Gasteiger partial charge < -0.3 is 15.1 Å². The summed E-state index contributed by atoms with van der Waals surface area (Å²) in [5, 5.41) is 5.59. The number of carbonyl (C=O) groups excluding carboxylic acids is 2. The van der Waals surface area contributed by atoms with Crippen LogP contribution >= 0.6 is 0 Å². The largest absolute Gasteiger partial charge is 0.467 e. The van der Waals surface area contributed by atoms with Gasteiger partial charge in [-0.05, 0) is 30.7 Å². The number of rotatable bonds is 6. The lowest BCUT2D eigenvalue weighted by Crippen LogP contribution is -2.26. The van der Waals surface area contributed by atoms with Crippen LogP contribution < -0.4 is 10.6 Å². The molecule has 2 N–H and O–H groups in total. The quantitative estimate of drug-likeness (QED) is 0.860. The van der Waals surface area contributed by atoms with Gasteiger partial charge in [0.25, 0.3) is 5.91 Å². The van der Waals surface area contributed by atoms with Gasteiger partial charge in [-0.3, -0.25) is 9.59 Å². The van der Waals surface area contributed by atoms with Crippen molar-refractivity contribution in [3.05, 3.63) is 54.0 Å². The number of hydrogen-bond acceptors (Lipinski definition) is 3. The fourth-order valence-corrected chi connectivity index (χ4v) is 1.91. The average Bonchev–Trinajstić information content (AvgIpc) is 3.05. The van der Waals surface area contributed by atoms with E-state index in [4.69, 9.17) is 4.42 Å². The first-order valence-electron chi connectivity index (χ1n) is 7.32. The maximum Gasteiger partial charge on any atom is 0.253 e. The zero-order valence-corrected chi connectivity index (χ0v) is 12.8. The van der Waals surface area contributed by atoms with E-state index in [2.05, 4.69) is 10.6 Å². The molecule has 22 heavy (non-hydrogen) atoms. The smallest absolute Gasteiger partial charge is 0.253 e. The van der Waals surface area contributed by atoms with E-state index in [9.17, 15) is 9.59 Å². The minimum absolute atomic E-state index is 0.0891. The Hall–Kier alpha value is -2.56. The van der Waals surface area contributed by atoms with Crippen molar-refractivity contribution < 1.29 is 14.0 Å². The van der Waals surface area contributed by atoms with Crippen molar-refractivity contribution in [3.8, 4) is 0 Å². The Kier molecular flexibility index (Phi) is 5.36. The Morgan fingerprint density at radius 3 is 2.64 bits per heavy atom. The van der Waals surface area contributed by atoms with Crippen molar-refractivity contribution in [2.75, 3.05) is 5.32 Å². The second-order valence-corrected chi connectivity index (χ2v) is 5.11. The number of anilines is 1. The predicted octanol–water partition coefficient (Wildman–Crippen LogP) is 3.19. The molecule has 2 amide bonds. The van der Waals surface area contributed by atoms with E-state index in [0.717, 1.165) is 6.42 Å². The number of carbonyl (C=O) groups is 2. The van der Waals surface area contributed by atoms with Gasteiger partial charge in [0.2, 0.25) is 5.91 Å². The lowest BCUT2D eigenvalue weighted by atomic mass is 10.1. The van der Waals surface area contributed by atoms with Crippen molar-refractivity contribution in [3.63, 3.8) is 0 Å². The molecule has 0 aliphatic heterocycles. The molecule has 0 bridgehead atoms. The Balaban J connectivity index is 2.06. The number of benzene rings is 1. The average molecular weight is 300 g/mol. The molecule has 116 valence electrons. The van der Waals surface area contributed by atoms with Gasteiger partial charge in [-0.25, -0.2) is 0 Å². The summed E-state index contributed by atoms with van der Waals surface area (Å²) in [5.74, 6) is 0.235. The Bertz CT molecular complexity index is 635. The van der Waals surface area contributed by atoms with E-state index in [1.54, 1.807) is 42.7 Å². The van der Waals surface area contributed by atoms with Gasteiger partial charge in [0, 0.05) is 5.92 Å². The Labute approximate surface area is 129 Å². The molecule has 0 saturated carbocycles. The summed E-state index contributed by atoms with van der Waals surface area (Å²) < 4.78 is 5.18. The monoisotopic (exact) mass is 300 g/mol. The summed E-state index contributed by atoms with van der Waals surface area (Å²) in [7, 11) is 0. The van der Waals surface area contributed by atoms with Crippen LogP contribution in [-0.4, -0.2) is 11.8 Å². The van der Waals surface area contributed by atoms with Crippen molar-refractivity contribution >= 4 is 17.5 Å². The number of amides is 2. The Morgan fingerprint density at radius 2 is 1.95 bits per heavy atom. The lowest BCUT2D eigenvalue weighted by molar-refractivity contribution is -0.119. The van der Waals surface area contributed by atoms with Gasteiger partial charge >= 0.3 is 0 Å². The summed E-state index contributed by atoms with van der Waals surface area (Å²) in [5.41, 5.74) is 0.954. The Morgan fingerprint density at radius 1 is 1.18 bits per heavy atom. The van der Waals surface area contributed by atoms with Crippen LogP contribution in [0.1, 0.15) is 36.4 Å². The highest BCUT2D eigenvalue weighted by Crippen LogP contribution is 2.17. The summed E-state index contributed by atoms with van der Waals surface area (Å²) in [6.45, 7) is 4.11. The fourth-order valence-electron chi connectivity index (χ4n) is 1.91. The number of hydrogen-bond donors (Lipinski definition) is 2.